The van der Waals surface area contributed by atoms with Crippen LogP contribution in [0.25, 0.3) is 16.7 Å². The van der Waals surface area contributed by atoms with Crippen LogP contribution in [0.2, 0.25) is 0 Å². The van der Waals surface area contributed by atoms with Crippen molar-refractivity contribution in [1.29, 1.82) is 0 Å². The Labute approximate surface area is 173 Å². The SMILES string of the molecule is CCc1ccc(C(=O)NC(=S)Nc2ccc3nn(-c4ccccc4)nc3c2)cc1. The van der Waals surface area contributed by atoms with Crippen molar-refractivity contribution in [2.75, 3.05) is 5.32 Å². The molecule has 0 aliphatic rings. The summed E-state index contributed by atoms with van der Waals surface area (Å²) < 4.78 is 0. The molecule has 1 heterocycles. The van der Waals surface area contributed by atoms with Crippen LogP contribution in [0.1, 0.15) is 22.8 Å². The van der Waals surface area contributed by atoms with Gasteiger partial charge in [0.15, 0.2) is 5.11 Å². The summed E-state index contributed by atoms with van der Waals surface area (Å²) in [7, 11) is 0. The Hall–Kier alpha value is -3.58. The lowest BCUT2D eigenvalue weighted by Crippen LogP contribution is -2.34. The van der Waals surface area contributed by atoms with Gasteiger partial charge in [0.1, 0.15) is 11.0 Å². The zero-order valence-electron chi connectivity index (χ0n) is 15.8. The van der Waals surface area contributed by atoms with Crippen molar-refractivity contribution in [2.24, 2.45) is 0 Å². The van der Waals surface area contributed by atoms with E-state index < -0.39 is 0 Å². The van der Waals surface area contributed by atoms with Crippen LogP contribution in [-0.4, -0.2) is 26.0 Å². The molecule has 6 nitrogen and oxygen atoms in total. The van der Waals surface area contributed by atoms with E-state index in [1.807, 2.05) is 60.7 Å². The van der Waals surface area contributed by atoms with Gasteiger partial charge in [0, 0.05) is 11.3 Å². The zero-order valence-corrected chi connectivity index (χ0v) is 16.6. The van der Waals surface area contributed by atoms with Gasteiger partial charge in [-0.05, 0) is 66.7 Å². The van der Waals surface area contributed by atoms with Crippen molar-refractivity contribution in [1.82, 2.24) is 20.3 Å². The van der Waals surface area contributed by atoms with Crippen LogP contribution in [0.5, 0.6) is 0 Å². The van der Waals surface area contributed by atoms with Gasteiger partial charge in [0.05, 0.1) is 5.69 Å². The van der Waals surface area contributed by atoms with Gasteiger partial charge in [0.2, 0.25) is 0 Å². The topological polar surface area (TPSA) is 71.8 Å². The van der Waals surface area contributed by atoms with Gasteiger partial charge in [-0.1, -0.05) is 37.3 Å². The summed E-state index contributed by atoms with van der Waals surface area (Å²) in [6.45, 7) is 2.07. The molecule has 0 saturated carbocycles. The van der Waals surface area contributed by atoms with Crippen LogP contribution in [-0.2, 0) is 6.42 Å². The summed E-state index contributed by atoms with van der Waals surface area (Å²) >= 11 is 5.28. The highest BCUT2D eigenvalue weighted by molar-refractivity contribution is 7.80. The first-order valence-electron chi connectivity index (χ1n) is 9.26. The number of fused-ring (bicyclic) bond motifs is 1. The quantitative estimate of drug-likeness (QED) is 0.504. The molecule has 2 N–H and O–H groups in total. The number of amides is 1. The van der Waals surface area contributed by atoms with Crippen molar-refractivity contribution in [2.45, 2.75) is 13.3 Å². The van der Waals surface area contributed by atoms with Crippen LogP contribution in [0, 0.1) is 0 Å². The Morgan fingerprint density at radius 1 is 0.966 bits per heavy atom. The molecule has 144 valence electrons. The van der Waals surface area contributed by atoms with Crippen molar-refractivity contribution < 1.29 is 4.79 Å². The predicted octanol–water partition coefficient (Wildman–Crippen LogP) is 4.11. The summed E-state index contributed by atoms with van der Waals surface area (Å²) in [5, 5.41) is 14.9. The Morgan fingerprint density at radius 3 is 2.41 bits per heavy atom. The van der Waals surface area contributed by atoms with E-state index in [1.165, 1.54) is 5.56 Å². The predicted molar refractivity (Wildman–Crippen MR) is 118 cm³/mol. The Bertz CT molecular complexity index is 1170. The molecule has 4 rings (SSSR count). The molecule has 0 aliphatic heterocycles. The number of carbonyl (C=O) groups excluding carboxylic acids is 1. The molecular weight excluding hydrogens is 382 g/mol. The molecule has 1 amide bonds. The third-order valence-corrected chi connectivity index (χ3v) is 4.68. The summed E-state index contributed by atoms with van der Waals surface area (Å²) in [5.41, 5.74) is 4.85. The first-order chi connectivity index (χ1) is 14.1. The van der Waals surface area contributed by atoms with Gasteiger partial charge >= 0.3 is 0 Å². The first kappa shape index (κ1) is 18.8. The molecule has 0 spiro atoms. The fraction of sp³-hybridized carbons (Fsp3) is 0.0909. The molecular formula is C22H19N5OS. The third-order valence-electron chi connectivity index (χ3n) is 4.48. The number of para-hydroxylation sites is 1. The van der Waals surface area contributed by atoms with E-state index in [2.05, 4.69) is 27.8 Å². The maximum Gasteiger partial charge on any atom is 0.257 e. The zero-order chi connectivity index (χ0) is 20.2. The first-order valence-corrected chi connectivity index (χ1v) is 9.67. The number of anilines is 1. The summed E-state index contributed by atoms with van der Waals surface area (Å²) in [5.74, 6) is -0.249. The number of aryl methyl sites for hydroxylation is 1. The molecule has 0 atom stereocenters. The highest BCUT2D eigenvalue weighted by atomic mass is 32.1. The van der Waals surface area contributed by atoms with Gasteiger partial charge in [-0.25, -0.2) is 0 Å². The summed E-state index contributed by atoms with van der Waals surface area (Å²) in [6, 6.07) is 22.7. The maximum atomic E-state index is 12.4. The number of rotatable bonds is 4. The lowest BCUT2D eigenvalue weighted by atomic mass is 10.1. The minimum Gasteiger partial charge on any atom is -0.332 e. The summed E-state index contributed by atoms with van der Waals surface area (Å²) in [6.07, 6.45) is 0.930. The van der Waals surface area contributed by atoms with Gasteiger partial charge in [-0.2, -0.15) is 4.80 Å². The number of nitrogens with zero attached hydrogens (tertiary/aromatic N) is 3. The van der Waals surface area contributed by atoms with Crippen LogP contribution in [0.15, 0.2) is 72.8 Å². The monoisotopic (exact) mass is 401 g/mol. The molecule has 0 fully saturated rings. The van der Waals surface area contributed by atoms with E-state index in [4.69, 9.17) is 12.2 Å². The Kier molecular flexibility index (Phi) is 5.31. The standard InChI is InChI=1S/C22H19N5OS/c1-2-15-8-10-16(11-9-15)21(28)24-22(29)23-17-12-13-19-20(14-17)26-27(25-19)18-6-4-3-5-7-18/h3-14H,2H2,1H3,(H2,23,24,28,29). The number of hydrogen-bond donors (Lipinski definition) is 2. The molecule has 0 unspecified atom stereocenters. The van der Waals surface area contributed by atoms with E-state index >= 15 is 0 Å². The second-order valence-electron chi connectivity index (χ2n) is 6.49. The van der Waals surface area contributed by atoms with Crippen LogP contribution >= 0.6 is 12.2 Å². The van der Waals surface area contributed by atoms with Crippen molar-refractivity contribution in [3.05, 3.63) is 83.9 Å². The Morgan fingerprint density at radius 2 is 1.69 bits per heavy atom. The molecule has 3 aromatic carbocycles. The van der Waals surface area contributed by atoms with Crippen LogP contribution < -0.4 is 10.6 Å². The number of nitrogens with one attached hydrogen (secondary N) is 2. The number of carbonyl (C=O) groups is 1. The normalized spacial score (nSPS) is 10.7. The number of benzene rings is 3. The molecule has 7 heteroatoms. The molecule has 0 bridgehead atoms. The summed E-state index contributed by atoms with van der Waals surface area (Å²) in [4.78, 5) is 13.9. The maximum absolute atomic E-state index is 12.4. The lowest BCUT2D eigenvalue weighted by Gasteiger charge is -2.09. The average molecular weight is 401 g/mol. The van der Waals surface area contributed by atoms with Gasteiger partial charge in [-0.15, -0.1) is 10.2 Å². The minimum atomic E-state index is -0.249. The fourth-order valence-corrected chi connectivity index (χ4v) is 3.11. The van der Waals surface area contributed by atoms with E-state index in [0.29, 0.717) is 5.56 Å². The molecule has 0 saturated heterocycles. The number of aromatic nitrogens is 3. The largest absolute Gasteiger partial charge is 0.332 e. The molecule has 0 aliphatic carbocycles. The third kappa shape index (κ3) is 4.30. The minimum absolute atomic E-state index is 0.226. The van der Waals surface area contributed by atoms with E-state index in [-0.39, 0.29) is 11.0 Å². The lowest BCUT2D eigenvalue weighted by molar-refractivity contribution is 0.0977. The van der Waals surface area contributed by atoms with Crippen molar-refractivity contribution in [3.8, 4) is 5.69 Å². The second kappa shape index (κ2) is 8.20. The van der Waals surface area contributed by atoms with Crippen molar-refractivity contribution >= 4 is 40.0 Å². The highest BCUT2D eigenvalue weighted by Crippen LogP contribution is 2.17. The van der Waals surface area contributed by atoms with Gasteiger partial charge < -0.3 is 5.32 Å². The molecule has 0 radical (unpaired) electrons. The van der Waals surface area contributed by atoms with Gasteiger partial charge in [-0.3, -0.25) is 10.1 Å². The number of thiocarbonyl (C=S) groups is 1. The van der Waals surface area contributed by atoms with E-state index in [9.17, 15) is 4.79 Å². The average Bonchev–Trinajstić information content (AvgIpc) is 3.18. The smallest absolute Gasteiger partial charge is 0.257 e. The highest BCUT2D eigenvalue weighted by Gasteiger charge is 2.10. The molecule has 29 heavy (non-hydrogen) atoms. The van der Waals surface area contributed by atoms with Crippen LogP contribution in [0.3, 0.4) is 0 Å². The number of hydrogen-bond acceptors (Lipinski definition) is 4. The van der Waals surface area contributed by atoms with E-state index in [1.54, 1.807) is 16.9 Å². The van der Waals surface area contributed by atoms with Crippen LogP contribution in [0.4, 0.5) is 5.69 Å². The van der Waals surface area contributed by atoms with Crippen molar-refractivity contribution in [3.63, 3.8) is 0 Å². The molecule has 4 aromatic rings. The fourth-order valence-electron chi connectivity index (χ4n) is 2.90. The Balaban J connectivity index is 1.45. The second-order valence-corrected chi connectivity index (χ2v) is 6.90. The molecule has 1 aromatic heterocycles. The van der Waals surface area contributed by atoms with E-state index in [0.717, 1.165) is 28.8 Å². The van der Waals surface area contributed by atoms with Gasteiger partial charge in [0.25, 0.3) is 5.91 Å².